The monoisotopic (exact) mass is 302 g/mol. The number of hydrogen-bond donors (Lipinski definition) is 2. The Labute approximate surface area is 117 Å². The SMILES string of the molecule is CC(C)C(=O)c1sc(NC2CC2)c(S(C)(=O)=O)c1N. The Hall–Kier alpha value is -1.08. The lowest BCUT2D eigenvalue weighted by molar-refractivity contribution is 0.0944. The third-order valence-electron chi connectivity index (χ3n) is 2.93. The molecule has 1 fully saturated rings. The summed E-state index contributed by atoms with van der Waals surface area (Å²) in [6.45, 7) is 3.55. The summed E-state index contributed by atoms with van der Waals surface area (Å²) in [6.07, 6.45) is 3.16. The fraction of sp³-hybridized carbons (Fsp3) is 0.583. The van der Waals surface area contributed by atoms with E-state index >= 15 is 0 Å². The Morgan fingerprint density at radius 1 is 1.42 bits per heavy atom. The lowest BCUT2D eigenvalue weighted by atomic mass is 10.1. The van der Waals surface area contributed by atoms with Crippen LogP contribution in [-0.4, -0.2) is 26.5 Å². The summed E-state index contributed by atoms with van der Waals surface area (Å²) in [4.78, 5) is 12.5. The molecule has 2 rings (SSSR count). The first-order chi connectivity index (χ1) is 8.71. The van der Waals surface area contributed by atoms with Crippen LogP contribution in [0.4, 0.5) is 10.7 Å². The molecule has 1 aliphatic rings. The number of anilines is 2. The van der Waals surface area contributed by atoms with Crippen molar-refractivity contribution >= 4 is 37.6 Å². The molecule has 0 spiro atoms. The van der Waals surface area contributed by atoms with Crippen LogP contribution in [-0.2, 0) is 9.84 Å². The number of nitrogens with one attached hydrogen (secondary N) is 1. The standard InChI is InChI=1S/C12H18N2O3S2/c1-6(2)9(15)10-8(13)11(19(3,16)17)12(18-10)14-7-4-5-7/h6-7,14H,4-5,13H2,1-3H3. The lowest BCUT2D eigenvalue weighted by Gasteiger charge is -2.04. The zero-order valence-corrected chi connectivity index (χ0v) is 12.8. The van der Waals surface area contributed by atoms with Gasteiger partial charge in [0.25, 0.3) is 0 Å². The molecule has 1 aromatic rings. The molecule has 7 heteroatoms. The second-order valence-electron chi connectivity index (χ2n) is 5.21. The van der Waals surface area contributed by atoms with E-state index < -0.39 is 9.84 Å². The quantitative estimate of drug-likeness (QED) is 0.813. The van der Waals surface area contributed by atoms with E-state index in [1.807, 2.05) is 0 Å². The van der Waals surface area contributed by atoms with Crippen molar-refractivity contribution in [1.82, 2.24) is 0 Å². The molecule has 0 saturated heterocycles. The van der Waals surface area contributed by atoms with Crippen LogP contribution in [0.2, 0.25) is 0 Å². The Kier molecular flexibility index (Phi) is 3.61. The van der Waals surface area contributed by atoms with E-state index in [1.165, 1.54) is 0 Å². The Morgan fingerprint density at radius 2 is 2.00 bits per heavy atom. The summed E-state index contributed by atoms with van der Waals surface area (Å²) in [6, 6.07) is 0.306. The number of thiophene rings is 1. The minimum Gasteiger partial charge on any atom is -0.396 e. The first-order valence-electron chi connectivity index (χ1n) is 6.15. The van der Waals surface area contributed by atoms with Gasteiger partial charge in [-0.2, -0.15) is 0 Å². The van der Waals surface area contributed by atoms with Gasteiger partial charge in [0, 0.05) is 18.2 Å². The van der Waals surface area contributed by atoms with Gasteiger partial charge in [0.1, 0.15) is 9.90 Å². The van der Waals surface area contributed by atoms with Crippen molar-refractivity contribution in [2.24, 2.45) is 5.92 Å². The highest BCUT2D eigenvalue weighted by molar-refractivity contribution is 7.91. The number of nitrogen functional groups attached to an aromatic ring is 1. The average Bonchev–Trinajstić information content (AvgIpc) is 2.99. The number of rotatable bonds is 5. The van der Waals surface area contributed by atoms with Gasteiger partial charge in [-0.3, -0.25) is 4.79 Å². The van der Waals surface area contributed by atoms with Gasteiger partial charge in [-0.25, -0.2) is 8.42 Å². The van der Waals surface area contributed by atoms with E-state index in [4.69, 9.17) is 5.73 Å². The lowest BCUT2D eigenvalue weighted by Crippen LogP contribution is -2.09. The number of hydrogen-bond acceptors (Lipinski definition) is 6. The number of Topliss-reactive ketones (excluding diaryl/α,β-unsaturated/α-hetero) is 1. The molecule has 1 heterocycles. The summed E-state index contributed by atoms with van der Waals surface area (Å²) < 4.78 is 23.7. The summed E-state index contributed by atoms with van der Waals surface area (Å²) in [7, 11) is -3.45. The molecule has 1 saturated carbocycles. The van der Waals surface area contributed by atoms with Crippen molar-refractivity contribution in [2.75, 3.05) is 17.3 Å². The van der Waals surface area contributed by atoms with Gasteiger partial charge < -0.3 is 11.1 Å². The molecule has 0 amide bonds. The molecule has 106 valence electrons. The van der Waals surface area contributed by atoms with Gasteiger partial charge in [-0.05, 0) is 12.8 Å². The highest BCUT2D eigenvalue weighted by atomic mass is 32.2. The van der Waals surface area contributed by atoms with E-state index in [1.54, 1.807) is 13.8 Å². The minimum absolute atomic E-state index is 0.0772. The first kappa shape index (κ1) is 14.3. The molecule has 0 aromatic carbocycles. The predicted octanol–water partition coefficient (Wildman–Crippen LogP) is 2.15. The maximum Gasteiger partial charge on any atom is 0.180 e. The maximum absolute atomic E-state index is 12.1. The molecule has 1 aromatic heterocycles. The Bertz CT molecular complexity index is 613. The fourth-order valence-electron chi connectivity index (χ4n) is 1.75. The highest BCUT2D eigenvalue weighted by Gasteiger charge is 2.31. The number of nitrogens with two attached hydrogens (primary N) is 1. The first-order valence-corrected chi connectivity index (χ1v) is 8.85. The van der Waals surface area contributed by atoms with Crippen molar-refractivity contribution in [1.29, 1.82) is 0 Å². The van der Waals surface area contributed by atoms with Gasteiger partial charge in [-0.1, -0.05) is 13.8 Å². The molecule has 19 heavy (non-hydrogen) atoms. The normalized spacial score (nSPS) is 15.8. The Balaban J connectivity index is 2.52. The molecule has 0 aliphatic heterocycles. The Morgan fingerprint density at radius 3 is 2.42 bits per heavy atom. The van der Waals surface area contributed by atoms with E-state index in [0.29, 0.717) is 15.9 Å². The van der Waals surface area contributed by atoms with Crippen LogP contribution >= 0.6 is 11.3 Å². The van der Waals surface area contributed by atoms with E-state index in [-0.39, 0.29) is 22.3 Å². The summed E-state index contributed by atoms with van der Waals surface area (Å²) in [5.74, 6) is -0.321. The minimum atomic E-state index is -3.45. The molecule has 5 nitrogen and oxygen atoms in total. The summed E-state index contributed by atoms with van der Waals surface area (Å²) >= 11 is 1.15. The van der Waals surface area contributed by atoms with Gasteiger partial charge in [0.2, 0.25) is 0 Å². The summed E-state index contributed by atoms with van der Waals surface area (Å²) in [5, 5.41) is 3.66. The van der Waals surface area contributed by atoms with Gasteiger partial charge in [-0.15, -0.1) is 11.3 Å². The second-order valence-corrected chi connectivity index (χ2v) is 8.19. The van der Waals surface area contributed by atoms with Crippen molar-refractivity contribution in [2.45, 2.75) is 37.6 Å². The third-order valence-corrected chi connectivity index (χ3v) is 5.38. The average molecular weight is 302 g/mol. The zero-order chi connectivity index (χ0) is 14.4. The molecule has 0 atom stereocenters. The number of carbonyl (C=O) groups excluding carboxylic acids is 1. The van der Waals surface area contributed by atoms with Crippen LogP contribution in [0.3, 0.4) is 0 Å². The van der Waals surface area contributed by atoms with Crippen LogP contribution in [0, 0.1) is 5.92 Å². The summed E-state index contributed by atoms with van der Waals surface area (Å²) in [5.41, 5.74) is 5.99. The number of carbonyl (C=O) groups is 1. The largest absolute Gasteiger partial charge is 0.396 e. The molecular formula is C12H18N2O3S2. The van der Waals surface area contributed by atoms with E-state index in [0.717, 1.165) is 30.4 Å². The van der Waals surface area contributed by atoms with E-state index in [2.05, 4.69) is 5.32 Å². The molecule has 0 bridgehead atoms. The van der Waals surface area contributed by atoms with Crippen molar-refractivity contribution in [3.63, 3.8) is 0 Å². The van der Waals surface area contributed by atoms with E-state index in [9.17, 15) is 13.2 Å². The highest BCUT2D eigenvalue weighted by Crippen LogP contribution is 2.42. The molecule has 1 aliphatic carbocycles. The third kappa shape index (κ3) is 2.92. The van der Waals surface area contributed by atoms with Crippen LogP contribution < -0.4 is 11.1 Å². The molecule has 0 radical (unpaired) electrons. The van der Waals surface area contributed by atoms with Gasteiger partial charge >= 0.3 is 0 Å². The maximum atomic E-state index is 12.1. The van der Waals surface area contributed by atoms with Gasteiger partial charge in [0.15, 0.2) is 15.6 Å². The number of sulfone groups is 1. The smallest absolute Gasteiger partial charge is 0.180 e. The van der Waals surface area contributed by atoms with Crippen LogP contribution in [0.1, 0.15) is 36.4 Å². The fourth-order valence-corrected chi connectivity index (χ4v) is 4.47. The van der Waals surface area contributed by atoms with Crippen molar-refractivity contribution < 1.29 is 13.2 Å². The van der Waals surface area contributed by atoms with Crippen LogP contribution in [0.15, 0.2) is 4.90 Å². The molecular weight excluding hydrogens is 284 g/mol. The number of ketones is 1. The topological polar surface area (TPSA) is 89.3 Å². The second kappa shape index (κ2) is 4.79. The van der Waals surface area contributed by atoms with Crippen LogP contribution in [0.25, 0.3) is 0 Å². The molecule has 3 N–H and O–H groups in total. The zero-order valence-electron chi connectivity index (χ0n) is 11.2. The molecule has 0 unspecified atom stereocenters. The van der Waals surface area contributed by atoms with Gasteiger partial charge in [0.05, 0.1) is 10.6 Å². The van der Waals surface area contributed by atoms with Crippen molar-refractivity contribution in [3.05, 3.63) is 4.88 Å². The predicted molar refractivity (Wildman–Crippen MR) is 77.7 cm³/mol. The van der Waals surface area contributed by atoms with Crippen LogP contribution in [0.5, 0.6) is 0 Å². The van der Waals surface area contributed by atoms with Crippen molar-refractivity contribution in [3.8, 4) is 0 Å².